The Balaban J connectivity index is 2.01. The first-order chi connectivity index (χ1) is 8.16. The fourth-order valence-electron chi connectivity index (χ4n) is 2.00. The third-order valence-corrected chi connectivity index (χ3v) is 3.80. The van der Waals surface area contributed by atoms with Gasteiger partial charge in [0.15, 0.2) is 5.78 Å². The first kappa shape index (κ1) is 12.9. The highest BCUT2D eigenvalue weighted by molar-refractivity contribution is 6.42. The summed E-state index contributed by atoms with van der Waals surface area (Å²) >= 11 is 11.7. The van der Waals surface area contributed by atoms with Crippen LogP contribution >= 0.6 is 23.2 Å². The van der Waals surface area contributed by atoms with Gasteiger partial charge in [-0.25, -0.2) is 0 Å². The van der Waals surface area contributed by atoms with Crippen LogP contribution in [0.4, 0.5) is 0 Å². The minimum atomic E-state index is 0.135. The van der Waals surface area contributed by atoms with Crippen LogP contribution in [-0.2, 0) is 4.74 Å². The molecular weight excluding hydrogens is 259 g/mol. The third-order valence-electron chi connectivity index (χ3n) is 3.06. The van der Waals surface area contributed by atoms with Crippen LogP contribution in [-0.4, -0.2) is 19.0 Å². The molecule has 1 aliphatic heterocycles. The van der Waals surface area contributed by atoms with Crippen LogP contribution < -0.4 is 0 Å². The number of ketones is 1. The van der Waals surface area contributed by atoms with Gasteiger partial charge < -0.3 is 4.74 Å². The molecule has 2 rings (SSSR count). The molecule has 4 heteroatoms. The SMILES string of the molecule is O=C(CC1CCOCC1)c1ccc(Cl)c(Cl)c1. The second kappa shape index (κ2) is 5.85. The number of hydrogen-bond acceptors (Lipinski definition) is 2. The maximum atomic E-state index is 12.0. The van der Waals surface area contributed by atoms with E-state index in [4.69, 9.17) is 27.9 Å². The van der Waals surface area contributed by atoms with Gasteiger partial charge >= 0.3 is 0 Å². The zero-order chi connectivity index (χ0) is 12.3. The molecular formula is C13H14Cl2O2. The van der Waals surface area contributed by atoms with Gasteiger partial charge in [0.25, 0.3) is 0 Å². The molecule has 0 amide bonds. The van der Waals surface area contributed by atoms with Crippen molar-refractivity contribution in [2.45, 2.75) is 19.3 Å². The Bertz CT molecular complexity index is 412. The topological polar surface area (TPSA) is 26.3 Å². The average molecular weight is 273 g/mol. The lowest BCUT2D eigenvalue weighted by Crippen LogP contribution is -2.18. The fraction of sp³-hybridized carbons (Fsp3) is 0.462. The van der Waals surface area contributed by atoms with Crippen molar-refractivity contribution in [3.05, 3.63) is 33.8 Å². The van der Waals surface area contributed by atoms with E-state index >= 15 is 0 Å². The van der Waals surface area contributed by atoms with Crippen LogP contribution in [0.5, 0.6) is 0 Å². The number of ether oxygens (including phenoxy) is 1. The van der Waals surface area contributed by atoms with Gasteiger partial charge in [0.05, 0.1) is 10.0 Å². The molecule has 0 spiro atoms. The molecule has 1 aromatic rings. The van der Waals surface area contributed by atoms with Crippen molar-refractivity contribution in [1.82, 2.24) is 0 Å². The lowest BCUT2D eigenvalue weighted by molar-refractivity contribution is 0.0601. The number of carbonyl (C=O) groups is 1. The molecule has 0 aromatic heterocycles. The predicted molar refractivity (Wildman–Crippen MR) is 69.0 cm³/mol. The molecule has 0 bridgehead atoms. The lowest BCUT2D eigenvalue weighted by atomic mass is 9.92. The summed E-state index contributed by atoms with van der Waals surface area (Å²) in [7, 11) is 0. The van der Waals surface area contributed by atoms with E-state index in [1.54, 1.807) is 18.2 Å². The molecule has 0 aliphatic carbocycles. The van der Waals surface area contributed by atoms with E-state index in [9.17, 15) is 4.79 Å². The van der Waals surface area contributed by atoms with Crippen molar-refractivity contribution in [3.8, 4) is 0 Å². The van der Waals surface area contributed by atoms with Crippen molar-refractivity contribution >= 4 is 29.0 Å². The quantitative estimate of drug-likeness (QED) is 0.778. The average Bonchev–Trinajstić information content (AvgIpc) is 2.34. The summed E-state index contributed by atoms with van der Waals surface area (Å²) < 4.78 is 5.27. The summed E-state index contributed by atoms with van der Waals surface area (Å²) in [6, 6.07) is 5.04. The fourth-order valence-corrected chi connectivity index (χ4v) is 2.30. The van der Waals surface area contributed by atoms with E-state index in [2.05, 4.69) is 0 Å². The normalized spacial score (nSPS) is 17.1. The standard InChI is InChI=1S/C13H14Cl2O2/c14-11-2-1-10(8-12(11)15)13(16)7-9-3-5-17-6-4-9/h1-2,8-9H,3-7H2. The highest BCUT2D eigenvalue weighted by atomic mass is 35.5. The molecule has 0 radical (unpaired) electrons. The van der Waals surface area contributed by atoms with E-state index in [-0.39, 0.29) is 5.78 Å². The summed E-state index contributed by atoms with van der Waals surface area (Å²) in [5, 5.41) is 0.916. The Hall–Kier alpha value is -0.570. The molecule has 1 saturated heterocycles. The van der Waals surface area contributed by atoms with Crippen LogP contribution in [0.2, 0.25) is 10.0 Å². The molecule has 0 N–H and O–H groups in total. The van der Waals surface area contributed by atoms with E-state index in [0.29, 0.717) is 27.9 Å². The third kappa shape index (κ3) is 3.44. The minimum absolute atomic E-state index is 0.135. The minimum Gasteiger partial charge on any atom is -0.381 e. The number of Topliss-reactive ketones (excluding diaryl/α,β-unsaturated/α-hetero) is 1. The highest BCUT2D eigenvalue weighted by Gasteiger charge is 2.18. The highest BCUT2D eigenvalue weighted by Crippen LogP contribution is 2.25. The van der Waals surface area contributed by atoms with Crippen LogP contribution in [0.15, 0.2) is 18.2 Å². The Kier molecular flexibility index (Phi) is 4.43. The van der Waals surface area contributed by atoms with E-state index in [1.165, 1.54) is 0 Å². The molecule has 1 aliphatic rings. The van der Waals surface area contributed by atoms with Crippen molar-refractivity contribution in [2.24, 2.45) is 5.92 Å². The summed E-state index contributed by atoms with van der Waals surface area (Å²) in [6.45, 7) is 1.53. The molecule has 1 heterocycles. The monoisotopic (exact) mass is 272 g/mol. The second-order valence-corrected chi connectivity index (χ2v) is 5.13. The van der Waals surface area contributed by atoms with Crippen LogP contribution in [0.25, 0.3) is 0 Å². The first-order valence-corrected chi connectivity index (χ1v) is 6.48. The van der Waals surface area contributed by atoms with Crippen molar-refractivity contribution in [2.75, 3.05) is 13.2 Å². The van der Waals surface area contributed by atoms with Crippen LogP contribution in [0.1, 0.15) is 29.6 Å². The van der Waals surface area contributed by atoms with Gasteiger partial charge in [0.2, 0.25) is 0 Å². The molecule has 2 nitrogen and oxygen atoms in total. The summed E-state index contributed by atoms with van der Waals surface area (Å²) in [5.41, 5.74) is 0.644. The maximum Gasteiger partial charge on any atom is 0.163 e. The smallest absolute Gasteiger partial charge is 0.163 e. The van der Waals surface area contributed by atoms with Crippen molar-refractivity contribution < 1.29 is 9.53 Å². The Morgan fingerprint density at radius 1 is 1.24 bits per heavy atom. The molecule has 92 valence electrons. The summed E-state index contributed by atoms with van der Waals surface area (Å²) in [5.74, 6) is 0.571. The molecule has 17 heavy (non-hydrogen) atoms. The van der Waals surface area contributed by atoms with E-state index in [1.807, 2.05) is 0 Å². The van der Waals surface area contributed by atoms with Gasteiger partial charge in [0.1, 0.15) is 0 Å². The van der Waals surface area contributed by atoms with Gasteiger partial charge in [-0.05, 0) is 37.0 Å². The van der Waals surface area contributed by atoms with E-state index < -0.39 is 0 Å². The lowest BCUT2D eigenvalue weighted by Gasteiger charge is -2.21. The Labute approximate surface area is 111 Å². The number of rotatable bonds is 3. The second-order valence-electron chi connectivity index (χ2n) is 4.31. The number of benzene rings is 1. The van der Waals surface area contributed by atoms with Crippen molar-refractivity contribution in [1.29, 1.82) is 0 Å². The van der Waals surface area contributed by atoms with Gasteiger partial charge in [-0.1, -0.05) is 23.2 Å². The van der Waals surface area contributed by atoms with Gasteiger partial charge in [-0.3, -0.25) is 4.79 Å². The molecule has 0 atom stereocenters. The Morgan fingerprint density at radius 3 is 2.59 bits per heavy atom. The number of hydrogen-bond donors (Lipinski definition) is 0. The van der Waals surface area contributed by atoms with Gasteiger partial charge in [-0.15, -0.1) is 0 Å². The molecule has 0 unspecified atom stereocenters. The van der Waals surface area contributed by atoms with Crippen molar-refractivity contribution in [3.63, 3.8) is 0 Å². The zero-order valence-corrected chi connectivity index (χ0v) is 10.9. The Morgan fingerprint density at radius 2 is 1.94 bits per heavy atom. The summed E-state index contributed by atoms with van der Waals surface area (Å²) in [4.78, 5) is 12.0. The first-order valence-electron chi connectivity index (χ1n) is 5.73. The molecule has 0 saturated carbocycles. The molecule has 1 aromatic carbocycles. The van der Waals surface area contributed by atoms with E-state index in [0.717, 1.165) is 26.1 Å². The zero-order valence-electron chi connectivity index (χ0n) is 9.42. The molecule has 1 fully saturated rings. The van der Waals surface area contributed by atoms with Gasteiger partial charge in [-0.2, -0.15) is 0 Å². The van der Waals surface area contributed by atoms with Crippen LogP contribution in [0, 0.1) is 5.92 Å². The maximum absolute atomic E-state index is 12.0. The number of carbonyl (C=O) groups excluding carboxylic acids is 1. The largest absolute Gasteiger partial charge is 0.381 e. The van der Waals surface area contributed by atoms with Gasteiger partial charge in [0, 0.05) is 25.2 Å². The summed E-state index contributed by atoms with van der Waals surface area (Å²) in [6.07, 6.45) is 2.50. The predicted octanol–water partition coefficient (Wildman–Crippen LogP) is 3.99. The number of halogens is 2. The van der Waals surface area contributed by atoms with Crippen LogP contribution in [0.3, 0.4) is 0 Å².